The predicted octanol–water partition coefficient (Wildman–Crippen LogP) is 3.03. The number of hydrogen-bond donors (Lipinski definition) is 1. The number of nitriles is 1. The minimum atomic E-state index is -0.591. The normalized spacial score (nSPS) is 10.3. The van der Waals surface area contributed by atoms with Gasteiger partial charge in [-0.15, -0.1) is 0 Å². The number of pyridine rings is 1. The van der Waals surface area contributed by atoms with Gasteiger partial charge in [-0.1, -0.05) is 30.7 Å². The van der Waals surface area contributed by atoms with E-state index < -0.39 is 17.2 Å². The first-order valence-electron chi connectivity index (χ1n) is 7.09. The molecule has 0 saturated carbocycles. The zero-order chi connectivity index (χ0) is 17.1. The van der Waals surface area contributed by atoms with Crippen LogP contribution in [0.2, 0.25) is 5.02 Å². The standard InChI is InChI=1S/C17H15ClN2O3/c1-3-7-20-16(22)13(9-19)10(2)14(17(20)23)15(21)11-5-4-6-12(18)8-11/h4-6,8,23H,3,7H2,1-2H3. The van der Waals surface area contributed by atoms with Crippen molar-refractivity contribution in [3.63, 3.8) is 0 Å². The second kappa shape index (κ2) is 6.67. The molecule has 0 unspecified atom stereocenters. The first-order chi connectivity index (χ1) is 10.9. The molecule has 0 fully saturated rings. The van der Waals surface area contributed by atoms with Crippen LogP contribution in [-0.4, -0.2) is 15.5 Å². The molecule has 1 aromatic carbocycles. The Morgan fingerprint density at radius 3 is 2.70 bits per heavy atom. The SMILES string of the molecule is CCCn1c(O)c(C(=O)c2cccc(Cl)c2)c(C)c(C#N)c1=O. The maximum Gasteiger partial charge on any atom is 0.271 e. The van der Waals surface area contributed by atoms with Crippen molar-refractivity contribution in [1.29, 1.82) is 5.26 Å². The molecule has 2 aromatic rings. The number of carbonyl (C=O) groups excluding carboxylic acids is 1. The fourth-order valence-electron chi connectivity index (χ4n) is 2.43. The third kappa shape index (κ3) is 2.99. The van der Waals surface area contributed by atoms with Crippen LogP contribution in [-0.2, 0) is 6.54 Å². The molecule has 23 heavy (non-hydrogen) atoms. The Morgan fingerprint density at radius 1 is 1.43 bits per heavy atom. The first kappa shape index (κ1) is 16.8. The van der Waals surface area contributed by atoms with E-state index in [1.54, 1.807) is 18.2 Å². The third-order valence-electron chi connectivity index (χ3n) is 3.56. The Bertz CT molecular complexity index is 879. The summed E-state index contributed by atoms with van der Waals surface area (Å²) in [4.78, 5) is 25.0. The molecule has 0 radical (unpaired) electrons. The van der Waals surface area contributed by atoms with Gasteiger partial charge in [-0.3, -0.25) is 14.2 Å². The first-order valence-corrected chi connectivity index (χ1v) is 7.46. The van der Waals surface area contributed by atoms with Crippen LogP contribution in [0.5, 0.6) is 5.88 Å². The average Bonchev–Trinajstić information content (AvgIpc) is 2.52. The number of aromatic nitrogens is 1. The molecular weight excluding hydrogens is 316 g/mol. The minimum Gasteiger partial charge on any atom is -0.494 e. The van der Waals surface area contributed by atoms with E-state index in [1.165, 1.54) is 13.0 Å². The van der Waals surface area contributed by atoms with Crippen LogP contribution in [0.1, 0.15) is 40.4 Å². The van der Waals surface area contributed by atoms with Crippen molar-refractivity contribution in [2.24, 2.45) is 0 Å². The molecule has 118 valence electrons. The van der Waals surface area contributed by atoms with Gasteiger partial charge < -0.3 is 5.11 Å². The lowest BCUT2D eigenvalue weighted by atomic mass is 9.97. The number of hydrogen-bond acceptors (Lipinski definition) is 4. The van der Waals surface area contributed by atoms with Crippen molar-refractivity contribution in [2.45, 2.75) is 26.8 Å². The molecular formula is C17H15ClN2O3. The van der Waals surface area contributed by atoms with Gasteiger partial charge >= 0.3 is 0 Å². The zero-order valence-corrected chi connectivity index (χ0v) is 13.5. The fraction of sp³-hybridized carbons (Fsp3) is 0.235. The van der Waals surface area contributed by atoms with Crippen LogP contribution >= 0.6 is 11.6 Å². The molecule has 0 aliphatic rings. The van der Waals surface area contributed by atoms with Crippen LogP contribution < -0.4 is 5.56 Å². The summed E-state index contributed by atoms with van der Waals surface area (Å²) in [7, 11) is 0. The zero-order valence-electron chi connectivity index (χ0n) is 12.8. The fourth-order valence-corrected chi connectivity index (χ4v) is 2.62. The summed E-state index contributed by atoms with van der Waals surface area (Å²) in [5, 5.41) is 20.0. The van der Waals surface area contributed by atoms with E-state index in [1.807, 2.05) is 13.0 Å². The molecule has 0 spiro atoms. The Labute approximate surface area is 138 Å². The second-order valence-corrected chi connectivity index (χ2v) is 5.54. The molecule has 1 heterocycles. The molecule has 0 atom stereocenters. The Balaban J connectivity index is 2.76. The number of nitrogens with zero attached hydrogens (tertiary/aromatic N) is 2. The average molecular weight is 331 g/mol. The van der Waals surface area contributed by atoms with Crippen LogP contribution in [0, 0.1) is 18.3 Å². The predicted molar refractivity (Wildman–Crippen MR) is 87.0 cm³/mol. The number of halogens is 1. The van der Waals surface area contributed by atoms with E-state index in [0.717, 1.165) is 4.57 Å². The van der Waals surface area contributed by atoms with Crippen molar-refractivity contribution in [1.82, 2.24) is 4.57 Å². The molecule has 5 nitrogen and oxygen atoms in total. The number of ketones is 1. The molecule has 0 saturated heterocycles. The summed E-state index contributed by atoms with van der Waals surface area (Å²) in [5.41, 5.74) is -0.320. The van der Waals surface area contributed by atoms with Crippen molar-refractivity contribution >= 4 is 17.4 Å². The molecule has 1 N–H and O–H groups in total. The van der Waals surface area contributed by atoms with Gasteiger partial charge in [0.1, 0.15) is 11.6 Å². The summed E-state index contributed by atoms with van der Waals surface area (Å²) in [6, 6.07) is 8.11. The van der Waals surface area contributed by atoms with E-state index in [9.17, 15) is 20.0 Å². The Morgan fingerprint density at radius 2 is 2.13 bits per heavy atom. The van der Waals surface area contributed by atoms with Crippen molar-refractivity contribution in [2.75, 3.05) is 0 Å². The van der Waals surface area contributed by atoms with Gasteiger partial charge in [-0.25, -0.2) is 0 Å². The lowest BCUT2D eigenvalue weighted by Gasteiger charge is -2.15. The highest BCUT2D eigenvalue weighted by molar-refractivity contribution is 6.31. The van der Waals surface area contributed by atoms with Crippen molar-refractivity contribution in [3.05, 3.63) is 61.9 Å². The van der Waals surface area contributed by atoms with Crippen LogP contribution in [0.3, 0.4) is 0 Å². The van der Waals surface area contributed by atoms with E-state index in [4.69, 9.17) is 11.6 Å². The second-order valence-electron chi connectivity index (χ2n) is 5.11. The monoisotopic (exact) mass is 330 g/mol. The van der Waals surface area contributed by atoms with Gasteiger partial charge in [0.25, 0.3) is 5.56 Å². The Kier molecular flexibility index (Phi) is 4.87. The van der Waals surface area contributed by atoms with E-state index >= 15 is 0 Å². The summed E-state index contributed by atoms with van der Waals surface area (Å²) in [5.74, 6) is -0.901. The smallest absolute Gasteiger partial charge is 0.271 e. The summed E-state index contributed by atoms with van der Waals surface area (Å²) in [6.07, 6.45) is 0.576. The van der Waals surface area contributed by atoms with Crippen molar-refractivity contribution < 1.29 is 9.90 Å². The lowest BCUT2D eigenvalue weighted by molar-refractivity contribution is 0.103. The molecule has 1 aromatic heterocycles. The van der Waals surface area contributed by atoms with Gasteiger partial charge in [-0.2, -0.15) is 5.26 Å². The number of aromatic hydroxyl groups is 1. The van der Waals surface area contributed by atoms with E-state index in [-0.39, 0.29) is 28.8 Å². The minimum absolute atomic E-state index is 0.0446. The maximum absolute atomic E-state index is 12.7. The third-order valence-corrected chi connectivity index (χ3v) is 3.80. The largest absolute Gasteiger partial charge is 0.494 e. The molecule has 0 amide bonds. The number of benzene rings is 1. The van der Waals surface area contributed by atoms with Crippen molar-refractivity contribution in [3.8, 4) is 11.9 Å². The van der Waals surface area contributed by atoms with Gasteiger partial charge in [0.15, 0.2) is 5.78 Å². The molecule has 6 heteroatoms. The lowest BCUT2D eigenvalue weighted by Crippen LogP contribution is -2.26. The maximum atomic E-state index is 12.7. The summed E-state index contributed by atoms with van der Waals surface area (Å²) in [6.45, 7) is 3.53. The summed E-state index contributed by atoms with van der Waals surface area (Å²) >= 11 is 5.90. The number of carbonyl (C=O) groups is 1. The van der Waals surface area contributed by atoms with Gasteiger partial charge in [0.05, 0.1) is 5.56 Å². The van der Waals surface area contributed by atoms with Crippen LogP contribution in [0.4, 0.5) is 0 Å². The topological polar surface area (TPSA) is 83.1 Å². The quantitative estimate of drug-likeness (QED) is 0.873. The molecule has 0 aliphatic heterocycles. The van der Waals surface area contributed by atoms with Crippen LogP contribution in [0.25, 0.3) is 0 Å². The molecule has 2 rings (SSSR count). The van der Waals surface area contributed by atoms with Crippen LogP contribution in [0.15, 0.2) is 29.1 Å². The molecule has 0 aliphatic carbocycles. The molecule has 0 bridgehead atoms. The van der Waals surface area contributed by atoms with Gasteiger partial charge in [-0.05, 0) is 31.0 Å². The number of rotatable bonds is 4. The highest BCUT2D eigenvalue weighted by atomic mass is 35.5. The summed E-state index contributed by atoms with van der Waals surface area (Å²) < 4.78 is 1.06. The van der Waals surface area contributed by atoms with E-state index in [0.29, 0.717) is 11.4 Å². The van der Waals surface area contributed by atoms with Gasteiger partial charge in [0, 0.05) is 17.1 Å². The van der Waals surface area contributed by atoms with Gasteiger partial charge in [0.2, 0.25) is 5.88 Å². The van der Waals surface area contributed by atoms with E-state index in [2.05, 4.69) is 0 Å². The Hall–Kier alpha value is -2.58. The highest BCUT2D eigenvalue weighted by Gasteiger charge is 2.24. The highest BCUT2D eigenvalue weighted by Crippen LogP contribution is 2.26.